The number of amides is 1. The van der Waals surface area contributed by atoms with Crippen molar-refractivity contribution in [3.05, 3.63) is 83.9 Å². The Morgan fingerprint density at radius 1 is 1.08 bits per heavy atom. The Morgan fingerprint density at radius 2 is 1.85 bits per heavy atom. The van der Waals surface area contributed by atoms with Crippen molar-refractivity contribution in [2.75, 3.05) is 12.4 Å². The Kier molecular flexibility index (Phi) is 5.43. The van der Waals surface area contributed by atoms with Crippen LogP contribution in [-0.4, -0.2) is 18.0 Å². The molecule has 0 aliphatic rings. The molecule has 0 spiro atoms. The van der Waals surface area contributed by atoms with Gasteiger partial charge in [0.05, 0.1) is 7.11 Å². The summed E-state index contributed by atoms with van der Waals surface area (Å²) in [6, 6.07) is 16.8. The summed E-state index contributed by atoms with van der Waals surface area (Å²) < 4.78 is 18.2. The fraction of sp³-hybridized carbons (Fsp3) is 0.100. The van der Waals surface area contributed by atoms with Crippen molar-refractivity contribution in [1.82, 2.24) is 10.3 Å². The van der Waals surface area contributed by atoms with Crippen LogP contribution in [0.5, 0.6) is 5.75 Å². The predicted molar refractivity (Wildman–Crippen MR) is 98.1 cm³/mol. The molecule has 0 radical (unpaired) electrons. The third kappa shape index (κ3) is 4.36. The van der Waals surface area contributed by atoms with Gasteiger partial charge in [0, 0.05) is 29.7 Å². The number of rotatable bonds is 6. The van der Waals surface area contributed by atoms with E-state index in [9.17, 15) is 9.18 Å². The van der Waals surface area contributed by atoms with E-state index in [4.69, 9.17) is 4.74 Å². The van der Waals surface area contributed by atoms with E-state index in [1.807, 2.05) is 24.3 Å². The molecule has 2 N–H and O–H groups in total. The van der Waals surface area contributed by atoms with E-state index in [0.717, 1.165) is 11.3 Å². The summed E-state index contributed by atoms with van der Waals surface area (Å²) in [6.07, 6.45) is 1.55. The summed E-state index contributed by atoms with van der Waals surface area (Å²) in [5.74, 6) is 0.118. The SMILES string of the molecule is COc1ccccc1CNC(=O)c1cc(Nc2ccc(F)cc2)ccn1. The number of methoxy groups -OCH3 is 1. The number of anilines is 2. The minimum absolute atomic E-state index is 0.284. The Labute approximate surface area is 150 Å². The van der Waals surface area contributed by atoms with Gasteiger partial charge in [-0.3, -0.25) is 9.78 Å². The van der Waals surface area contributed by atoms with Crippen LogP contribution >= 0.6 is 0 Å². The van der Waals surface area contributed by atoms with Gasteiger partial charge in [0.15, 0.2) is 0 Å². The van der Waals surface area contributed by atoms with Crippen LogP contribution in [0.15, 0.2) is 66.9 Å². The number of aromatic nitrogens is 1. The number of para-hydroxylation sites is 1. The number of pyridine rings is 1. The zero-order valence-corrected chi connectivity index (χ0v) is 14.2. The van der Waals surface area contributed by atoms with Crippen molar-refractivity contribution in [3.63, 3.8) is 0 Å². The highest BCUT2D eigenvalue weighted by Gasteiger charge is 2.09. The number of hydrogen-bond acceptors (Lipinski definition) is 4. The minimum Gasteiger partial charge on any atom is -0.496 e. The Morgan fingerprint density at radius 3 is 2.62 bits per heavy atom. The van der Waals surface area contributed by atoms with Gasteiger partial charge >= 0.3 is 0 Å². The number of nitrogens with one attached hydrogen (secondary N) is 2. The molecule has 0 bridgehead atoms. The van der Waals surface area contributed by atoms with Crippen LogP contribution < -0.4 is 15.4 Å². The summed E-state index contributed by atoms with van der Waals surface area (Å²) in [5, 5.41) is 5.94. The zero-order valence-electron chi connectivity index (χ0n) is 14.2. The number of carbonyl (C=O) groups excluding carboxylic acids is 1. The molecule has 3 rings (SSSR count). The average Bonchev–Trinajstić information content (AvgIpc) is 2.68. The average molecular weight is 351 g/mol. The van der Waals surface area contributed by atoms with Gasteiger partial charge in [-0.1, -0.05) is 18.2 Å². The normalized spacial score (nSPS) is 10.2. The van der Waals surface area contributed by atoms with E-state index in [-0.39, 0.29) is 17.4 Å². The number of ether oxygens (including phenoxy) is 1. The molecular formula is C20H18FN3O2. The van der Waals surface area contributed by atoms with E-state index in [0.29, 0.717) is 18.0 Å². The number of carbonyl (C=O) groups is 1. The van der Waals surface area contributed by atoms with Gasteiger partial charge in [-0.15, -0.1) is 0 Å². The smallest absolute Gasteiger partial charge is 0.270 e. The number of benzene rings is 2. The van der Waals surface area contributed by atoms with Crippen molar-refractivity contribution in [3.8, 4) is 5.75 Å². The van der Waals surface area contributed by atoms with Crippen LogP contribution in [-0.2, 0) is 6.54 Å². The predicted octanol–water partition coefficient (Wildman–Crippen LogP) is 3.90. The van der Waals surface area contributed by atoms with Crippen molar-refractivity contribution in [2.24, 2.45) is 0 Å². The maximum atomic E-state index is 13.0. The third-order valence-corrected chi connectivity index (χ3v) is 3.76. The summed E-state index contributed by atoms with van der Waals surface area (Å²) in [6.45, 7) is 0.333. The van der Waals surface area contributed by atoms with Crippen LogP contribution in [0.1, 0.15) is 16.1 Å². The Bertz CT molecular complexity index is 898. The zero-order chi connectivity index (χ0) is 18.4. The molecule has 2 aromatic carbocycles. The first-order chi connectivity index (χ1) is 12.7. The molecule has 1 aromatic heterocycles. The minimum atomic E-state index is -0.304. The quantitative estimate of drug-likeness (QED) is 0.707. The van der Waals surface area contributed by atoms with E-state index in [1.165, 1.54) is 12.1 Å². The highest BCUT2D eigenvalue weighted by Crippen LogP contribution is 2.18. The molecule has 0 saturated carbocycles. The maximum absolute atomic E-state index is 13.0. The lowest BCUT2D eigenvalue weighted by Gasteiger charge is -2.10. The number of hydrogen-bond donors (Lipinski definition) is 2. The van der Waals surface area contributed by atoms with E-state index >= 15 is 0 Å². The Hall–Kier alpha value is -3.41. The second-order valence-corrected chi connectivity index (χ2v) is 5.56. The summed E-state index contributed by atoms with van der Waals surface area (Å²) in [5.41, 5.74) is 2.57. The van der Waals surface area contributed by atoms with Crippen LogP contribution in [0.25, 0.3) is 0 Å². The monoisotopic (exact) mass is 351 g/mol. The van der Waals surface area contributed by atoms with Crippen molar-refractivity contribution < 1.29 is 13.9 Å². The topological polar surface area (TPSA) is 63.2 Å². The molecule has 0 saturated heterocycles. The molecule has 0 unspecified atom stereocenters. The van der Waals surface area contributed by atoms with E-state index < -0.39 is 0 Å². The Balaban J connectivity index is 1.67. The number of halogens is 1. The van der Waals surface area contributed by atoms with Gasteiger partial charge in [-0.05, 0) is 42.5 Å². The third-order valence-electron chi connectivity index (χ3n) is 3.76. The summed E-state index contributed by atoms with van der Waals surface area (Å²) in [4.78, 5) is 16.5. The van der Waals surface area contributed by atoms with Gasteiger partial charge in [-0.2, -0.15) is 0 Å². The van der Waals surface area contributed by atoms with Crippen LogP contribution in [0.3, 0.4) is 0 Å². The maximum Gasteiger partial charge on any atom is 0.270 e. The van der Waals surface area contributed by atoms with E-state index in [1.54, 1.807) is 37.6 Å². The number of nitrogens with zero attached hydrogens (tertiary/aromatic N) is 1. The van der Waals surface area contributed by atoms with E-state index in [2.05, 4.69) is 15.6 Å². The summed E-state index contributed by atoms with van der Waals surface area (Å²) >= 11 is 0. The van der Waals surface area contributed by atoms with Crippen molar-refractivity contribution in [2.45, 2.75) is 6.54 Å². The van der Waals surface area contributed by atoms with Gasteiger partial charge in [0.25, 0.3) is 5.91 Å². The molecule has 132 valence electrons. The van der Waals surface area contributed by atoms with Gasteiger partial charge in [0.1, 0.15) is 17.3 Å². The standard InChI is InChI=1S/C20H18FN3O2/c1-26-19-5-3-2-4-14(19)13-23-20(25)18-12-17(10-11-22-18)24-16-8-6-15(21)7-9-16/h2-12H,13H2,1H3,(H,22,24)(H,23,25). The lowest BCUT2D eigenvalue weighted by Crippen LogP contribution is -2.24. The summed E-state index contributed by atoms with van der Waals surface area (Å²) in [7, 11) is 1.59. The fourth-order valence-electron chi connectivity index (χ4n) is 2.45. The van der Waals surface area contributed by atoms with Crippen LogP contribution in [0, 0.1) is 5.82 Å². The molecule has 1 heterocycles. The van der Waals surface area contributed by atoms with Crippen LogP contribution in [0.2, 0.25) is 0 Å². The molecule has 5 nitrogen and oxygen atoms in total. The van der Waals surface area contributed by atoms with Gasteiger partial charge in [-0.25, -0.2) is 4.39 Å². The second kappa shape index (κ2) is 8.11. The van der Waals surface area contributed by atoms with Crippen molar-refractivity contribution >= 4 is 17.3 Å². The molecule has 6 heteroatoms. The molecule has 0 aliphatic heterocycles. The highest BCUT2D eigenvalue weighted by atomic mass is 19.1. The first kappa shape index (κ1) is 17.4. The first-order valence-electron chi connectivity index (χ1n) is 8.04. The molecule has 26 heavy (non-hydrogen) atoms. The van der Waals surface area contributed by atoms with Crippen molar-refractivity contribution in [1.29, 1.82) is 0 Å². The highest BCUT2D eigenvalue weighted by molar-refractivity contribution is 5.93. The molecule has 1 amide bonds. The largest absolute Gasteiger partial charge is 0.496 e. The van der Waals surface area contributed by atoms with Gasteiger partial charge in [0.2, 0.25) is 0 Å². The molecular weight excluding hydrogens is 333 g/mol. The molecule has 0 atom stereocenters. The molecule has 0 fully saturated rings. The molecule has 0 aliphatic carbocycles. The van der Waals surface area contributed by atoms with Crippen LogP contribution in [0.4, 0.5) is 15.8 Å². The first-order valence-corrected chi connectivity index (χ1v) is 8.04. The lowest BCUT2D eigenvalue weighted by molar-refractivity contribution is 0.0945. The molecule has 3 aromatic rings. The fourth-order valence-corrected chi connectivity index (χ4v) is 2.45. The van der Waals surface area contributed by atoms with Gasteiger partial charge < -0.3 is 15.4 Å². The lowest BCUT2D eigenvalue weighted by atomic mass is 10.2. The second-order valence-electron chi connectivity index (χ2n) is 5.56.